The largest absolute Gasteiger partial charge is 0.330 e. The van der Waals surface area contributed by atoms with Crippen LogP contribution < -0.4 is 5.73 Å². The molecular formula is C12H27Cl2NSi. The monoisotopic (exact) mass is 283 g/mol. The van der Waals surface area contributed by atoms with E-state index < -0.39 is 7.42 Å². The summed E-state index contributed by atoms with van der Waals surface area (Å²) >= 11 is 11.6. The van der Waals surface area contributed by atoms with Crippen LogP contribution in [-0.4, -0.2) is 14.0 Å². The van der Waals surface area contributed by atoms with E-state index >= 15 is 0 Å². The molecule has 0 aliphatic heterocycles. The van der Waals surface area contributed by atoms with Gasteiger partial charge in [0.25, 0.3) is 0 Å². The van der Waals surface area contributed by atoms with Gasteiger partial charge in [-0.2, -0.15) is 22.2 Å². The summed E-state index contributed by atoms with van der Waals surface area (Å²) in [5.74, 6) is 0. The second kappa shape index (κ2) is 13.8. The van der Waals surface area contributed by atoms with Crippen LogP contribution >= 0.6 is 22.2 Å². The molecule has 0 amide bonds. The summed E-state index contributed by atoms with van der Waals surface area (Å²) < 4.78 is 0. The molecule has 4 heteroatoms. The standard InChI is InChI=1S/C12H27Cl2NSi/c13-16(14)12-10-8-6-4-2-1-3-5-7-9-11-15/h16H,1-12,15H2. The van der Waals surface area contributed by atoms with Gasteiger partial charge in [0.2, 0.25) is 7.42 Å². The zero-order valence-corrected chi connectivity index (χ0v) is 13.1. The summed E-state index contributed by atoms with van der Waals surface area (Å²) in [5.41, 5.74) is 5.44. The number of hydrogen-bond donors (Lipinski definition) is 1. The predicted molar refractivity (Wildman–Crippen MR) is 78.9 cm³/mol. The van der Waals surface area contributed by atoms with Crippen molar-refractivity contribution in [1.82, 2.24) is 0 Å². The van der Waals surface area contributed by atoms with Crippen LogP contribution in [0, 0.1) is 0 Å². The zero-order valence-electron chi connectivity index (χ0n) is 10.4. The Kier molecular flexibility index (Phi) is 14.5. The molecule has 0 aromatic heterocycles. The fraction of sp³-hybridized carbons (Fsp3) is 1.00. The SMILES string of the molecule is NCCCCCCCCCCCC[SiH](Cl)Cl. The van der Waals surface area contributed by atoms with E-state index in [-0.39, 0.29) is 0 Å². The van der Waals surface area contributed by atoms with Crippen LogP contribution in [0.2, 0.25) is 6.04 Å². The van der Waals surface area contributed by atoms with Gasteiger partial charge in [-0.05, 0) is 19.0 Å². The van der Waals surface area contributed by atoms with Gasteiger partial charge in [-0.25, -0.2) is 0 Å². The van der Waals surface area contributed by atoms with Crippen molar-refractivity contribution in [2.24, 2.45) is 5.73 Å². The molecule has 0 atom stereocenters. The van der Waals surface area contributed by atoms with Gasteiger partial charge in [-0.3, -0.25) is 0 Å². The quantitative estimate of drug-likeness (QED) is 0.318. The molecule has 1 nitrogen and oxygen atoms in total. The van der Waals surface area contributed by atoms with Gasteiger partial charge in [0, 0.05) is 0 Å². The molecule has 16 heavy (non-hydrogen) atoms. The van der Waals surface area contributed by atoms with Crippen molar-refractivity contribution < 1.29 is 0 Å². The molecule has 0 bridgehead atoms. The fourth-order valence-corrected chi connectivity index (χ4v) is 3.38. The molecule has 2 N–H and O–H groups in total. The van der Waals surface area contributed by atoms with Gasteiger partial charge in [-0.1, -0.05) is 57.8 Å². The minimum absolute atomic E-state index is 0.853. The van der Waals surface area contributed by atoms with E-state index in [1.54, 1.807) is 0 Å². The average Bonchev–Trinajstić information content (AvgIpc) is 2.25. The third kappa shape index (κ3) is 14.8. The molecule has 98 valence electrons. The molecule has 0 aromatic rings. The van der Waals surface area contributed by atoms with Crippen molar-refractivity contribution in [3.05, 3.63) is 0 Å². The summed E-state index contributed by atoms with van der Waals surface area (Å²) in [6, 6.07) is 1.09. The maximum Gasteiger partial charge on any atom is 0.237 e. The van der Waals surface area contributed by atoms with Gasteiger partial charge in [0.05, 0.1) is 0 Å². The number of nitrogens with two attached hydrogens (primary N) is 1. The Bertz CT molecular complexity index is 134. The van der Waals surface area contributed by atoms with Gasteiger partial charge < -0.3 is 5.73 Å². The summed E-state index contributed by atoms with van der Waals surface area (Å²) in [4.78, 5) is 0. The Balaban J connectivity index is 2.88. The van der Waals surface area contributed by atoms with E-state index in [2.05, 4.69) is 0 Å². The maximum atomic E-state index is 5.80. The van der Waals surface area contributed by atoms with E-state index in [0.717, 1.165) is 12.6 Å². The number of unbranched alkanes of at least 4 members (excludes halogenated alkanes) is 9. The van der Waals surface area contributed by atoms with E-state index in [0.29, 0.717) is 0 Å². The summed E-state index contributed by atoms with van der Waals surface area (Å²) in [5, 5.41) is 0. The van der Waals surface area contributed by atoms with Crippen molar-refractivity contribution in [2.45, 2.75) is 70.3 Å². The Morgan fingerprint density at radius 3 is 1.38 bits per heavy atom. The van der Waals surface area contributed by atoms with Gasteiger partial charge in [-0.15, -0.1) is 0 Å². The highest BCUT2D eigenvalue weighted by molar-refractivity contribution is 7.33. The van der Waals surface area contributed by atoms with Crippen LogP contribution in [0.3, 0.4) is 0 Å². The highest BCUT2D eigenvalue weighted by Crippen LogP contribution is 2.13. The van der Waals surface area contributed by atoms with Crippen LogP contribution in [0.25, 0.3) is 0 Å². The maximum absolute atomic E-state index is 5.80. The lowest BCUT2D eigenvalue weighted by Crippen LogP contribution is -1.97. The first kappa shape index (κ1) is 16.8. The molecule has 0 heterocycles. The highest BCUT2D eigenvalue weighted by Gasteiger charge is 2.00. The Hall–Kier alpha value is 0.757. The Morgan fingerprint density at radius 1 is 0.625 bits per heavy atom. The molecule has 0 saturated carbocycles. The topological polar surface area (TPSA) is 26.0 Å². The molecule has 0 aliphatic rings. The van der Waals surface area contributed by atoms with Crippen molar-refractivity contribution in [2.75, 3.05) is 6.54 Å². The molecular weight excluding hydrogens is 257 g/mol. The predicted octanol–water partition coefficient (Wildman–Crippen LogP) is 4.54. The summed E-state index contributed by atoms with van der Waals surface area (Å²) in [6.45, 7) is 0.853. The number of rotatable bonds is 12. The van der Waals surface area contributed by atoms with Crippen molar-refractivity contribution in [1.29, 1.82) is 0 Å². The molecule has 0 saturated heterocycles. The van der Waals surface area contributed by atoms with E-state index in [9.17, 15) is 0 Å². The number of halogens is 2. The lowest BCUT2D eigenvalue weighted by Gasteiger charge is -2.02. The minimum atomic E-state index is -1.32. The number of hydrogen-bond acceptors (Lipinski definition) is 1. The van der Waals surface area contributed by atoms with Crippen molar-refractivity contribution in [3.63, 3.8) is 0 Å². The van der Waals surface area contributed by atoms with Crippen LogP contribution in [0.4, 0.5) is 0 Å². The molecule has 0 unspecified atom stereocenters. The average molecular weight is 284 g/mol. The van der Waals surface area contributed by atoms with Gasteiger partial charge >= 0.3 is 0 Å². The van der Waals surface area contributed by atoms with Crippen molar-refractivity contribution >= 4 is 29.6 Å². The van der Waals surface area contributed by atoms with Gasteiger partial charge in [0.15, 0.2) is 0 Å². The zero-order chi connectivity index (χ0) is 12.1. The van der Waals surface area contributed by atoms with Crippen LogP contribution in [0.15, 0.2) is 0 Å². The first-order chi connectivity index (χ1) is 7.77. The van der Waals surface area contributed by atoms with Gasteiger partial charge in [0.1, 0.15) is 0 Å². The van der Waals surface area contributed by atoms with Crippen LogP contribution in [0.1, 0.15) is 64.2 Å². The fourth-order valence-electron chi connectivity index (χ4n) is 1.86. The lowest BCUT2D eigenvalue weighted by molar-refractivity contribution is 0.558. The van der Waals surface area contributed by atoms with E-state index in [1.807, 2.05) is 0 Å². The molecule has 0 fully saturated rings. The molecule has 0 radical (unpaired) electrons. The van der Waals surface area contributed by atoms with E-state index in [4.69, 9.17) is 27.9 Å². The third-order valence-corrected chi connectivity index (χ3v) is 5.03. The van der Waals surface area contributed by atoms with Crippen molar-refractivity contribution in [3.8, 4) is 0 Å². The summed E-state index contributed by atoms with van der Waals surface area (Å²) in [6.07, 6.45) is 13.3. The molecule has 0 rings (SSSR count). The second-order valence-corrected chi connectivity index (χ2v) is 9.69. The third-order valence-electron chi connectivity index (χ3n) is 2.88. The molecule has 0 aromatic carbocycles. The smallest absolute Gasteiger partial charge is 0.237 e. The van der Waals surface area contributed by atoms with Crippen LogP contribution in [-0.2, 0) is 0 Å². The summed E-state index contributed by atoms with van der Waals surface area (Å²) in [7, 11) is -1.32. The first-order valence-corrected chi connectivity index (χ1v) is 11.1. The minimum Gasteiger partial charge on any atom is -0.330 e. The molecule has 0 aliphatic carbocycles. The van der Waals surface area contributed by atoms with Crippen LogP contribution in [0.5, 0.6) is 0 Å². The van der Waals surface area contributed by atoms with E-state index in [1.165, 1.54) is 64.2 Å². The Morgan fingerprint density at radius 2 is 1.00 bits per heavy atom. The Labute approximate surface area is 112 Å². The lowest BCUT2D eigenvalue weighted by atomic mass is 10.1. The molecule has 0 spiro atoms. The first-order valence-electron chi connectivity index (χ1n) is 6.75. The highest BCUT2D eigenvalue weighted by atomic mass is 35.7. The normalized spacial score (nSPS) is 11.2. The second-order valence-electron chi connectivity index (χ2n) is 4.50.